The smallest absolute Gasteiger partial charge is 0.397 e. The number of alkyl halides is 3. The number of nitrogens with two attached hydrogens (primary N) is 3. The Morgan fingerprint density at radius 2 is 2.05 bits per heavy atom. The van der Waals surface area contributed by atoms with Crippen molar-refractivity contribution in [2.45, 2.75) is 19.4 Å². The molecular weight excluding hydrogens is 307 g/mol. The van der Waals surface area contributed by atoms with Crippen LogP contribution in [0.3, 0.4) is 0 Å². The molecule has 0 aliphatic rings. The van der Waals surface area contributed by atoms with E-state index in [4.69, 9.17) is 17.2 Å². The Labute approximate surface area is 121 Å². The van der Waals surface area contributed by atoms with Gasteiger partial charge in [-0.05, 0) is 13.0 Å². The second kappa shape index (κ2) is 5.13. The Morgan fingerprint density at radius 3 is 2.57 bits per heavy atom. The number of carbonyl (C=O) groups is 1. The summed E-state index contributed by atoms with van der Waals surface area (Å²) in [6, 6.07) is 0.891. The highest BCUT2D eigenvalue weighted by atomic mass is 32.1. The van der Waals surface area contributed by atoms with Gasteiger partial charge in [0.2, 0.25) is 0 Å². The summed E-state index contributed by atoms with van der Waals surface area (Å²) in [6.07, 6.45) is -5.74. The van der Waals surface area contributed by atoms with Crippen LogP contribution in [0.2, 0.25) is 0 Å². The van der Waals surface area contributed by atoms with Crippen molar-refractivity contribution in [2.75, 3.05) is 5.73 Å². The maximum atomic E-state index is 13.1. The number of anilines is 1. The third kappa shape index (κ3) is 2.91. The van der Waals surface area contributed by atoms with Crippen molar-refractivity contribution in [2.24, 2.45) is 11.5 Å². The summed E-state index contributed by atoms with van der Waals surface area (Å²) in [5, 5.41) is 1.89. The zero-order chi connectivity index (χ0) is 15.9. The molecule has 0 aromatic carbocycles. The fraction of sp³-hybridized carbons (Fsp3) is 0.273. The number of hydrogen-bond donors (Lipinski definition) is 4. The van der Waals surface area contributed by atoms with Crippen molar-refractivity contribution in [1.82, 2.24) is 10.3 Å². The lowest BCUT2D eigenvalue weighted by molar-refractivity contribution is -0.136. The lowest BCUT2D eigenvalue weighted by Gasteiger charge is -2.10. The Balaban J connectivity index is 2.69. The monoisotopic (exact) mass is 319 g/mol. The minimum Gasteiger partial charge on any atom is -0.397 e. The SMILES string of the molecule is Cc1cc(C(F)(F)F)c2c(N)c(C(=O)NC(N)N)sc2n1. The number of aryl methyl sites for hydroxylation is 1. The summed E-state index contributed by atoms with van der Waals surface area (Å²) < 4.78 is 39.2. The number of amides is 1. The van der Waals surface area contributed by atoms with Crippen LogP contribution in [0.1, 0.15) is 20.9 Å². The fourth-order valence-electron chi connectivity index (χ4n) is 1.85. The molecule has 0 radical (unpaired) electrons. The van der Waals surface area contributed by atoms with E-state index < -0.39 is 23.9 Å². The van der Waals surface area contributed by atoms with Gasteiger partial charge in [-0.2, -0.15) is 13.2 Å². The molecule has 0 atom stereocenters. The molecule has 1 amide bonds. The van der Waals surface area contributed by atoms with Crippen molar-refractivity contribution in [3.8, 4) is 0 Å². The summed E-state index contributed by atoms with van der Waals surface area (Å²) >= 11 is 0.759. The summed E-state index contributed by atoms with van der Waals surface area (Å²) in [5.74, 6) is -0.740. The minimum atomic E-state index is -4.60. The lowest BCUT2D eigenvalue weighted by Crippen LogP contribution is -2.48. The Kier molecular flexibility index (Phi) is 3.78. The van der Waals surface area contributed by atoms with Gasteiger partial charge in [0.15, 0.2) is 0 Å². The van der Waals surface area contributed by atoms with Crippen molar-refractivity contribution >= 4 is 33.1 Å². The van der Waals surface area contributed by atoms with Crippen molar-refractivity contribution in [3.05, 3.63) is 22.2 Å². The van der Waals surface area contributed by atoms with E-state index in [1.807, 2.05) is 0 Å². The molecule has 2 heterocycles. The first-order valence-corrected chi connectivity index (χ1v) is 6.51. The molecule has 0 fully saturated rings. The van der Waals surface area contributed by atoms with E-state index in [1.54, 1.807) is 0 Å². The molecule has 0 unspecified atom stereocenters. The first-order chi connectivity index (χ1) is 9.61. The molecule has 0 saturated heterocycles. The lowest BCUT2D eigenvalue weighted by atomic mass is 10.1. The molecule has 0 bridgehead atoms. The zero-order valence-electron chi connectivity index (χ0n) is 10.8. The third-order valence-corrected chi connectivity index (χ3v) is 3.73. The van der Waals surface area contributed by atoms with Crippen LogP contribution >= 0.6 is 11.3 Å². The van der Waals surface area contributed by atoms with E-state index in [1.165, 1.54) is 6.92 Å². The van der Waals surface area contributed by atoms with Crippen LogP contribution in [0.25, 0.3) is 10.2 Å². The van der Waals surface area contributed by atoms with Crippen LogP contribution in [0.15, 0.2) is 6.07 Å². The highest BCUT2D eigenvalue weighted by Crippen LogP contribution is 2.41. The third-order valence-electron chi connectivity index (χ3n) is 2.64. The van der Waals surface area contributed by atoms with Gasteiger partial charge in [0.05, 0.1) is 11.3 Å². The van der Waals surface area contributed by atoms with E-state index >= 15 is 0 Å². The second-order valence-corrected chi connectivity index (χ2v) is 5.33. The number of halogens is 3. The minimum absolute atomic E-state index is 0.0376. The molecule has 21 heavy (non-hydrogen) atoms. The first-order valence-electron chi connectivity index (χ1n) is 5.70. The molecule has 2 rings (SSSR count). The summed E-state index contributed by atoms with van der Waals surface area (Å²) in [7, 11) is 0. The van der Waals surface area contributed by atoms with Gasteiger partial charge in [-0.1, -0.05) is 0 Å². The van der Waals surface area contributed by atoms with Gasteiger partial charge in [0.1, 0.15) is 16.0 Å². The van der Waals surface area contributed by atoms with Gasteiger partial charge < -0.3 is 11.1 Å². The van der Waals surface area contributed by atoms with Crippen LogP contribution in [-0.4, -0.2) is 17.2 Å². The molecule has 6 nitrogen and oxygen atoms in total. The maximum Gasteiger partial charge on any atom is 0.417 e. The van der Waals surface area contributed by atoms with Gasteiger partial charge in [-0.25, -0.2) is 4.98 Å². The predicted octanol–water partition coefficient (Wildman–Crippen LogP) is 1.14. The molecule has 0 spiro atoms. The number of fused-ring (bicyclic) bond motifs is 1. The number of nitrogens with one attached hydrogen (secondary N) is 1. The number of thiophene rings is 1. The molecule has 7 N–H and O–H groups in total. The van der Waals surface area contributed by atoms with E-state index in [0.717, 1.165) is 17.4 Å². The number of pyridine rings is 1. The largest absolute Gasteiger partial charge is 0.417 e. The standard InChI is InChI=1S/C11H12F3N5OS/c1-3-2-4(11(12,13)14)5-6(15)7(21-9(5)18-3)8(20)19-10(16)17/h2,10H,15-17H2,1H3,(H,19,20). The second-order valence-electron chi connectivity index (χ2n) is 4.33. The Hall–Kier alpha value is -1.91. The highest BCUT2D eigenvalue weighted by Gasteiger charge is 2.35. The van der Waals surface area contributed by atoms with Crippen molar-refractivity contribution in [3.63, 3.8) is 0 Å². The summed E-state index contributed by atoms with van der Waals surface area (Å²) in [4.78, 5) is 15.8. The average Bonchev–Trinajstić information content (AvgIpc) is 2.63. The van der Waals surface area contributed by atoms with Crippen LogP contribution < -0.4 is 22.5 Å². The predicted molar refractivity (Wildman–Crippen MR) is 73.4 cm³/mol. The van der Waals surface area contributed by atoms with Crippen LogP contribution in [-0.2, 0) is 6.18 Å². The maximum absolute atomic E-state index is 13.1. The van der Waals surface area contributed by atoms with Crippen LogP contribution in [0.4, 0.5) is 18.9 Å². The summed E-state index contributed by atoms with van der Waals surface area (Å²) in [6.45, 7) is 1.43. The van der Waals surface area contributed by atoms with Gasteiger partial charge in [-0.15, -0.1) is 11.3 Å². The van der Waals surface area contributed by atoms with Crippen molar-refractivity contribution < 1.29 is 18.0 Å². The van der Waals surface area contributed by atoms with Crippen LogP contribution in [0.5, 0.6) is 0 Å². The van der Waals surface area contributed by atoms with E-state index in [-0.39, 0.29) is 26.5 Å². The van der Waals surface area contributed by atoms with E-state index in [0.29, 0.717) is 0 Å². The van der Waals surface area contributed by atoms with Gasteiger partial charge in [-0.3, -0.25) is 16.3 Å². The summed E-state index contributed by atoms with van der Waals surface area (Å²) in [5.41, 5.74) is 15.1. The Bertz CT molecular complexity index is 710. The number of hydrogen-bond acceptors (Lipinski definition) is 6. The van der Waals surface area contributed by atoms with Crippen molar-refractivity contribution in [1.29, 1.82) is 0 Å². The number of nitrogen functional groups attached to an aromatic ring is 1. The molecule has 0 aliphatic heterocycles. The molecular formula is C11H12F3N5OS. The topological polar surface area (TPSA) is 120 Å². The zero-order valence-corrected chi connectivity index (χ0v) is 11.6. The fourth-order valence-corrected chi connectivity index (χ4v) is 2.92. The molecule has 0 saturated carbocycles. The van der Waals surface area contributed by atoms with Gasteiger partial charge >= 0.3 is 6.18 Å². The van der Waals surface area contributed by atoms with Gasteiger partial charge in [0.25, 0.3) is 5.91 Å². The molecule has 114 valence electrons. The highest BCUT2D eigenvalue weighted by molar-refractivity contribution is 7.21. The average molecular weight is 319 g/mol. The van der Waals surface area contributed by atoms with Crippen LogP contribution in [0, 0.1) is 6.92 Å². The first kappa shape index (κ1) is 15.5. The molecule has 2 aromatic heterocycles. The number of nitrogens with zero attached hydrogens (tertiary/aromatic N) is 1. The van der Waals surface area contributed by atoms with Gasteiger partial charge in [0, 0.05) is 11.1 Å². The Morgan fingerprint density at radius 1 is 1.43 bits per heavy atom. The van der Waals surface area contributed by atoms with E-state index in [2.05, 4.69) is 10.3 Å². The number of rotatable bonds is 2. The number of aromatic nitrogens is 1. The number of carbonyl (C=O) groups excluding carboxylic acids is 1. The normalized spacial score (nSPS) is 12.1. The molecule has 10 heteroatoms. The quantitative estimate of drug-likeness (QED) is 0.619. The molecule has 0 aliphatic carbocycles. The molecule has 2 aromatic rings. The van der Waals surface area contributed by atoms with E-state index in [9.17, 15) is 18.0 Å².